The Labute approximate surface area is 157 Å². The SMILES string of the molecule is CC1CCCN(c2cc3cc(C(=O)O)ccc3nc2-c2ccc(F)cc2)C1. The Morgan fingerprint density at radius 2 is 1.96 bits per heavy atom. The summed E-state index contributed by atoms with van der Waals surface area (Å²) in [5.74, 6) is -0.646. The van der Waals surface area contributed by atoms with Crippen molar-refractivity contribution in [3.8, 4) is 11.3 Å². The third kappa shape index (κ3) is 3.50. The highest BCUT2D eigenvalue weighted by molar-refractivity contribution is 5.96. The highest BCUT2D eigenvalue weighted by atomic mass is 19.1. The summed E-state index contributed by atoms with van der Waals surface area (Å²) < 4.78 is 13.4. The molecular formula is C22H21FN2O2. The summed E-state index contributed by atoms with van der Waals surface area (Å²) in [6.45, 7) is 4.10. The van der Waals surface area contributed by atoms with Gasteiger partial charge in [0.05, 0.1) is 22.5 Å². The molecular weight excluding hydrogens is 343 g/mol. The molecule has 1 fully saturated rings. The normalized spacial score (nSPS) is 17.3. The van der Waals surface area contributed by atoms with Crippen LogP contribution in [-0.2, 0) is 0 Å². The first-order chi connectivity index (χ1) is 13.0. The molecule has 4 rings (SSSR count). The van der Waals surface area contributed by atoms with E-state index in [0.29, 0.717) is 5.92 Å². The molecule has 1 unspecified atom stereocenters. The first-order valence-corrected chi connectivity index (χ1v) is 9.20. The molecule has 1 aliphatic rings. The maximum Gasteiger partial charge on any atom is 0.335 e. The lowest BCUT2D eigenvalue weighted by molar-refractivity contribution is 0.0697. The van der Waals surface area contributed by atoms with Crippen LogP contribution in [0.1, 0.15) is 30.1 Å². The van der Waals surface area contributed by atoms with Gasteiger partial charge in [-0.1, -0.05) is 6.92 Å². The summed E-state index contributed by atoms with van der Waals surface area (Å²) in [7, 11) is 0. The number of hydrogen-bond donors (Lipinski definition) is 1. The quantitative estimate of drug-likeness (QED) is 0.712. The van der Waals surface area contributed by atoms with Crippen molar-refractivity contribution in [3.63, 3.8) is 0 Å². The van der Waals surface area contributed by atoms with Crippen molar-refractivity contribution in [2.75, 3.05) is 18.0 Å². The van der Waals surface area contributed by atoms with E-state index < -0.39 is 5.97 Å². The average Bonchev–Trinajstić information content (AvgIpc) is 2.67. The molecule has 1 aromatic heterocycles. The van der Waals surface area contributed by atoms with Crippen molar-refractivity contribution in [1.29, 1.82) is 0 Å². The number of pyridine rings is 1. The fraction of sp³-hybridized carbons (Fsp3) is 0.273. The van der Waals surface area contributed by atoms with Crippen molar-refractivity contribution in [1.82, 2.24) is 4.98 Å². The van der Waals surface area contributed by atoms with Gasteiger partial charge in [0.15, 0.2) is 0 Å². The van der Waals surface area contributed by atoms with Crippen molar-refractivity contribution >= 4 is 22.6 Å². The van der Waals surface area contributed by atoms with Gasteiger partial charge in [-0.05, 0) is 67.3 Å². The lowest BCUT2D eigenvalue weighted by atomic mass is 9.98. The van der Waals surface area contributed by atoms with E-state index in [4.69, 9.17) is 4.98 Å². The molecule has 0 bridgehead atoms. The number of fused-ring (bicyclic) bond motifs is 1. The number of aromatic carboxylic acids is 1. The van der Waals surface area contributed by atoms with Gasteiger partial charge in [-0.15, -0.1) is 0 Å². The van der Waals surface area contributed by atoms with E-state index in [1.54, 1.807) is 30.3 Å². The van der Waals surface area contributed by atoms with Gasteiger partial charge in [0.2, 0.25) is 0 Å². The predicted octanol–water partition coefficient (Wildman–Crippen LogP) is 4.98. The van der Waals surface area contributed by atoms with Gasteiger partial charge in [-0.3, -0.25) is 0 Å². The largest absolute Gasteiger partial charge is 0.478 e. The lowest BCUT2D eigenvalue weighted by Gasteiger charge is -2.34. The highest BCUT2D eigenvalue weighted by Crippen LogP contribution is 2.35. The highest BCUT2D eigenvalue weighted by Gasteiger charge is 2.21. The molecule has 1 N–H and O–H groups in total. The molecule has 1 atom stereocenters. The summed E-state index contributed by atoms with van der Waals surface area (Å²) in [5, 5.41) is 10.1. The molecule has 0 amide bonds. The van der Waals surface area contributed by atoms with Crippen LogP contribution in [0.15, 0.2) is 48.5 Å². The first-order valence-electron chi connectivity index (χ1n) is 9.20. The molecule has 2 heterocycles. The Morgan fingerprint density at radius 3 is 2.67 bits per heavy atom. The fourth-order valence-corrected chi connectivity index (χ4v) is 3.77. The fourth-order valence-electron chi connectivity index (χ4n) is 3.77. The summed E-state index contributed by atoms with van der Waals surface area (Å²) >= 11 is 0. The van der Waals surface area contributed by atoms with Crippen molar-refractivity contribution in [2.45, 2.75) is 19.8 Å². The zero-order valence-electron chi connectivity index (χ0n) is 15.2. The molecule has 138 valence electrons. The third-order valence-corrected chi connectivity index (χ3v) is 5.16. The Hall–Kier alpha value is -2.95. The minimum Gasteiger partial charge on any atom is -0.478 e. The van der Waals surface area contributed by atoms with Crippen LogP contribution < -0.4 is 4.90 Å². The van der Waals surface area contributed by atoms with Crippen LogP contribution in [0.3, 0.4) is 0 Å². The summed E-state index contributed by atoms with van der Waals surface area (Å²) in [6, 6.07) is 13.3. The van der Waals surface area contributed by atoms with E-state index in [-0.39, 0.29) is 11.4 Å². The van der Waals surface area contributed by atoms with Crippen LogP contribution in [0.4, 0.5) is 10.1 Å². The molecule has 27 heavy (non-hydrogen) atoms. The van der Waals surface area contributed by atoms with E-state index in [9.17, 15) is 14.3 Å². The van der Waals surface area contributed by atoms with Gasteiger partial charge >= 0.3 is 5.97 Å². The molecule has 1 aliphatic heterocycles. The van der Waals surface area contributed by atoms with Crippen molar-refractivity contribution in [2.24, 2.45) is 5.92 Å². The number of nitrogens with zero attached hydrogens (tertiary/aromatic N) is 2. The zero-order valence-corrected chi connectivity index (χ0v) is 15.2. The average molecular weight is 364 g/mol. The summed E-state index contributed by atoms with van der Waals surface area (Å²) in [4.78, 5) is 18.5. The summed E-state index contributed by atoms with van der Waals surface area (Å²) in [5.41, 5.74) is 3.61. The van der Waals surface area contributed by atoms with Crippen LogP contribution >= 0.6 is 0 Å². The maximum absolute atomic E-state index is 13.4. The number of anilines is 1. The van der Waals surface area contributed by atoms with Crippen LogP contribution in [0.5, 0.6) is 0 Å². The Balaban J connectivity index is 1.90. The number of aromatic nitrogens is 1. The van der Waals surface area contributed by atoms with Crippen molar-refractivity contribution in [3.05, 3.63) is 59.9 Å². The van der Waals surface area contributed by atoms with Crippen LogP contribution in [0.25, 0.3) is 22.2 Å². The van der Waals surface area contributed by atoms with E-state index in [1.807, 2.05) is 6.07 Å². The number of carbonyl (C=O) groups is 1. The number of rotatable bonds is 3. The second-order valence-electron chi connectivity index (χ2n) is 7.27. The molecule has 0 saturated carbocycles. The molecule has 0 spiro atoms. The topological polar surface area (TPSA) is 53.4 Å². The number of halogens is 1. The second kappa shape index (κ2) is 6.99. The minimum absolute atomic E-state index is 0.247. The maximum atomic E-state index is 13.4. The van der Waals surface area contributed by atoms with E-state index in [2.05, 4.69) is 11.8 Å². The van der Waals surface area contributed by atoms with E-state index >= 15 is 0 Å². The number of piperidine rings is 1. The minimum atomic E-state index is -0.951. The number of hydrogen-bond acceptors (Lipinski definition) is 3. The molecule has 5 heteroatoms. The van der Waals surface area contributed by atoms with Gasteiger partial charge in [-0.25, -0.2) is 14.2 Å². The van der Waals surface area contributed by atoms with Gasteiger partial charge < -0.3 is 10.0 Å². The van der Waals surface area contributed by atoms with Crippen LogP contribution in [0, 0.1) is 11.7 Å². The van der Waals surface area contributed by atoms with Gasteiger partial charge in [-0.2, -0.15) is 0 Å². The van der Waals surface area contributed by atoms with Crippen LogP contribution in [0.2, 0.25) is 0 Å². The molecule has 1 saturated heterocycles. The standard InChI is InChI=1S/C22H21FN2O2/c1-14-3-2-10-25(13-14)20-12-17-11-16(22(26)27)6-9-19(17)24-21(20)15-4-7-18(23)8-5-15/h4-9,11-12,14H,2-3,10,13H2,1H3,(H,26,27). The van der Waals surface area contributed by atoms with E-state index in [1.165, 1.54) is 18.6 Å². The molecule has 3 aromatic rings. The number of carboxylic acid groups (broad SMARTS) is 1. The van der Waals surface area contributed by atoms with E-state index in [0.717, 1.165) is 47.4 Å². The predicted molar refractivity (Wildman–Crippen MR) is 105 cm³/mol. The Kier molecular flexibility index (Phi) is 4.52. The Bertz CT molecular complexity index is 1000. The molecule has 4 nitrogen and oxygen atoms in total. The van der Waals surface area contributed by atoms with Crippen molar-refractivity contribution < 1.29 is 14.3 Å². The molecule has 0 radical (unpaired) electrons. The van der Waals surface area contributed by atoms with Gasteiger partial charge in [0, 0.05) is 24.0 Å². The Morgan fingerprint density at radius 1 is 1.19 bits per heavy atom. The number of carboxylic acids is 1. The number of benzene rings is 2. The van der Waals surface area contributed by atoms with Gasteiger partial charge in [0.1, 0.15) is 5.82 Å². The summed E-state index contributed by atoms with van der Waals surface area (Å²) in [6.07, 6.45) is 2.31. The smallest absolute Gasteiger partial charge is 0.335 e. The molecule has 2 aromatic carbocycles. The monoisotopic (exact) mass is 364 g/mol. The molecule has 0 aliphatic carbocycles. The third-order valence-electron chi connectivity index (χ3n) is 5.16. The first kappa shape index (κ1) is 17.5. The second-order valence-corrected chi connectivity index (χ2v) is 7.27. The van der Waals surface area contributed by atoms with Crippen LogP contribution in [-0.4, -0.2) is 29.1 Å². The zero-order chi connectivity index (χ0) is 19.0. The van der Waals surface area contributed by atoms with Gasteiger partial charge in [0.25, 0.3) is 0 Å². The lowest BCUT2D eigenvalue weighted by Crippen LogP contribution is -2.34.